The van der Waals surface area contributed by atoms with Crippen LogP contribution in [-0.2, 0) is 0 Å². The van der Waals surface area contributed by atoms with E-state index in [0.29, 0.717) is 18.1 Å². The first-order valence-corrected chi connectivity index (χ1v) is 5.89. The molecular formula is C12H25N3. The van der Waals surface area contributed by atoms with Gasteiger partial charge in [-0.15, -0.1) is 0 Å². The van der Waals surface area contributed by atoms with Crippen molar-refractivity contribution >= 4 is 0 Å². The molecule has 0 aliphatic carbocycles. The molecule has 1 N–H and O–H groups in total. The average Bonchev–Trinajstić information content (AvgIpc) is 2.16. The number of hydrogen-bond acceptors (Lipinski definition) is 3. The molecule has 0 aromatic heterocycles. The van der Waals surface area contributed by atoms with Gasteiger partial charge in [-0.1, -0.05) is 13.3 Å². The second-order valence-electron chi connectivity index (χ2n) is 4.55. The van der Waals surface area contributed by atoms with Crippen LogP contribution in [0.4, 0.5) is 0 Å². The summed E-state index contributed by atoms with van der Waals surface area (Å²) >= 11 is 0. The van der Waals surface area contributed by atoms with E-state index in [1.807, 2.05) is 7.05 Å². The van der Waals surface area contributed by atoms with E-state index in [1.165, 1.54) is 12.8 Å². The van der Waals surface area contributed by atoms with Crippen molar-refractivity contribution in [2.24, 2.45) is 0 Å². The maximum absolute atomic E-state index is 8.74. The van der Waals surface area contributed by atoms with Gasteiger partial charge < -0.3 is 10.2 Å². The minimum Gasteiger partial charge on any atom is -0.312 e. The lowest BCUT2D eigenvalue weighted by molar-refractivity contribution is 0.302. The second-order valence-corrected chi connectivity index (χ2v) is 4.55. The fourth-order valence-electron chi connectivity index (χ4n) is 1.84. The molecule has 0 spiro atoms. The number of nitriles is 1. The van der Waals surface area contributed by atoms with Crippen LogP contribution in [0, 0.1) is 11.5 Å². The molecule has 0 radical (unpaired) electrons. The maximum Gasteiger partial charge on any atom is 0.179 e. The molecule has 0 aromatic carbocycles. The Morgan fingerprint density at radius 3 is 2.33 bits per heavy atom. The topological polar surface area (TPSA) is 39.1 Å². The lowest BCUT2D eigenvalue weighted by Crippen LogP contribution is -2.39. The molecule has 3 nitrogen and oxygen atoms in total. The van der Waals surface area contributed by atoms with E-state index in [-0.39, 0.29) is 0 Å². The Balaban J connectivity index is 3.83. The van der Waals surface area contributed by atoms with Gasteiger partial charge in [-0.2, -0.15) is 5.26 Å². The fourth-order valence-corrected chi connectivity index (χ4v) is 1.84. The van der Waals surface area contributed by atoms with Crippen LogP contribution in [0.25, 0.3) is 0 Å². The molecule has 0 saturated carbocycles. The minimum absolute atomic E-state index is 0.311. The van der Waals surface area contributed by atoms with Crippen LogP contribution in [0.1, 0.15) is 47.0 Å². The van der Waals surface area contributed by atoms with Gasteiger partial charge >= 0.3 is 0 Å². The third-order valence-electron chi connectivity index (χ3n) is 2.80. The lowest BCUT2D eigenvalue weighted by Gasteiger charge is -2.25. The average molecular weight is 211 g/mol. The van der Waals surface area contributed by atoms with Crippen LogP contribution in [-0.4, -0.2) is 30.1 Å². The van der Waals surface area contributed by atoms with E-state index in [0.717, 1.165) is 6.42 Å². The van der Waals surface area contributed by atoms with E-state index in [2.05, 4.69) is 39.2 Å². The van der Waals surface area contributed by atoms with Gasteiger partial charge in [0.1, 0.15) is 0 Å². The summed E-state index contributed by atoms with van der Waals surface area (Å²) in [6, 6.07) is 1.35. The standard InChI is InChI=1S/C12H25N3/c1-6-7-10(2)14-11(3)8-12(4)15(5)9-13/h10-12,14H,6-8H2,1-5H3. The highest BCUT2D eigenvalue weighted by Crippen LogP contribution is 2.05. The van der Waals surface area contributed by atoms with Crippen LogP contribution in [0.2, 0.25) is 0 Å². The Bertz CT molecular complexity index is 198. The van der Waals surface area contributed by atoms with Crippen molar-refractivity contribution in [3.63, 3.8) is 0 Å². The van der Waals surface area contributed by atoms with Gasteiger partial charge in [0, 0.05) is 25.2 Å². The molecule has 0 saturated heterocycles. The monoisotopic (exact) mass is 211 g/mol. The Morgan fingerprint density at radius 2 is 1.87 bits per heavy atom. The van der Waals surface area contributed by atoms with Crippen molar-refractivity contribution in [1.82, 2.24) is 10.2 Å². The van der Waals surface area contributed by atoms with Crippen molar-refractivity contribution in [1.29, 1.82) is 5.26 Å². The normalized spacial score (nSPS) is 16.5. The molecule has 3 unspecified atom stereocenters. The zero-order chi connectivity index (χ0) is 11.8. The summed E-state index contributed by atoms with van der Waals surface area (Å²) < 4.78 is 0. The van der Waals surface area contributed by atoms with E-state index in [9.17, 15) is 0 Å². The summed E-state index contributed by atoms with van der Waals surface area (Å²) in [4.78, 5) is 1.71. The zero-order valence-corrected chi connectivity index (χ0v) is 10.7. The Hall–Kier alpha value is -0.750. The molecule has 0 amide bonds. The third kappa shape index (κ3) is 6.35. The molecule has 3 heteroatoms. The molecule has 0 heterocycles. The van der Waals surface area contributed by atoms with E-state index in [4.69, 9.17) is 5.26 Å². The van der Waals surface area contributed by atoms with Crippen LogP contribution >= 0.6 is 0 Å². The first-order valence-electron chi connectivity index (χ1n) is 5.89. The summed E-state index contributed by atoms with van der Waals surface area (Å²) in [6.07, 6.45) is 5.60. The number of hydrogen-bond donors (Lipinski definition) is 1. The molecule has 0 fully saturated rings. The quantitative estimate of drug-likeness (QED) is 0.519. The SMILES string of the molecule is CCCC(C)NC(C)CC(C)N(C)C#N. The molecule has 0 aliphatic heterocycles. The predicted octanol–water partition coefficient (Wildman–Crippen LogP) is 2.34. The van der Waals surface area contributed by atoms with Crippen LogP contribution in [0.3, 0.4) is 0 Å². The lowest BCUT2D eigenvalue weighted by atomic mass is 10.1. The number of nitrogens with zero attached hydrogens (tertiary/aromatic N) is 2. The Morgan fingerprint density at radius 1 is 1.27 bits per heavy atom. The highest BCUT2D eigenvalue weighted by molar-refractivity contribution is 4.79. The van der Waals surface area contributed by atoms with E-state index in [1.54, 1.807) is 4.90 Å². The summed E-state index contributed by atoms with van der Waals surface area (Å²) in [5.74, 6) is 0. The Labute approximate surface area is 94.5 Å². The van der Waals surface area contributed by atoms with Crippen molar-refractivity contribution in [2.45, 2.75) is 65.1 Å². The predicted molar refractivity (Wildman–Crippen MR) is 64.4 cm³/mol. The van der Waals surface area contributed by atoms with Gasteiger partial charge in [0.25, 0.3) is 0 Å². The largest absolute Gasteiger partial charge is 0.312 e. The molecule has 0 bridgehead atoms. The highest BCUT2D eigenvalue weighted by Gasteiger charge is 2.13. The second kappa shape index (κ2) is 7.53. The molecule has 15 heavy (non-hydrogen) atoms. The van der Waals surface area contributed by atoms with Crippen LogP contribution in [0.5, 0.6) is 0 Å². The highest BCUT2D eigenvalue weighted by atomic mass is 15.1. The molecule has 3 atom stereocenters. The van der Waals surface area contributed by atoms with Gasteiger partial charge in [0.15, 0.2) is 6.19 Å². The minimum atomic E-state index is 0.311. The zero-order valence-electron chi connectivity index (χ0n) is 10.7. The molecular weight excluding hydrogens is 186 g/mol. The Kier molecular flexibility index (Phi) is 7.15. The third-order valence-corrected chi connectivity index (χ3v) is 2.80. The van der Waals surface area contributed by atoms with Gasteiger partial charge in [-0.25, -0.2) is 0 Å². The van der Waals surface area contributed by atoms with Gasteiger partial charge in [-0.3, -0.25) is 0 Å². The van der Waals surface area contributed by atoms with Gasteiger partial charge in [0.05, 0.1) is 0 Å². The van der Waals surface area contributed by atoms with Gasteiger partial charge in [-0.05, 0) is 33.6 Å². The van der Waals surface area contributed by atoms with Crippen LogP contribution in [0.15, 0.2) is 0 Å². The fraction of sp³-hybridized carbons (Fsp3) is 0.917. The molecule has 0 rings (SSSR count). The molecule has 0 aliphatic rings. The van der Waals surface area contributed by atoms with Crippen molar-refractivity contribution in [3.05, 3.63) is 0 Å². The van der Waals surface area contributed by atoms with Crippen molar-refractivity contribution in [2.75, 3.05) is 7.05 Å². The van der Waals surface area contributed by atoms with E-state index < -0.39 is 0 Å². The maximum atomic E-state index is 8.74. The number of nitrogens with one attached hydrogen (secondary N) is 1. The summed E-state index contributed by atoms with van der Waals surface area (Å²) in [5, 5.41) is 12.3. The first kappa shape index (κ1) is 14.2. The summed E-state index contributed by atoms with van der Waals surface area (Å²) in [5.41, 5.74) is 0. The summed E-state index contributed by atoms with van der Waals surface area (Å²) in [7, 11) is 1.84. The van der Waals surface area contributed by atoms with Crippen LogP contribution < -0.4 is 5.32 Å². The molecule has 88 valence electrons. The number of rotatable bonds is 7. The smallest absolute Gasteiger partial charge is 0.179 e. The first-order chi connectivity index (χ1) is 7.01. The van der Waals surface area contributed by atoms with Crippen molar-refractivity contribution < 1.29 is 0 Å². The van der Waals surface area contributed by atoms with Gasteiger partial charge in [0.2, 0.25) is 0 Å². The van der Waals surface area contributed by atoms with Crippen molar-refractivity contribution in [3.8, 4) is 6.19 Å². The van der Waals surface area contributed by atoms with E-state index >= 15 is 0 Å². The summed E-state index contributed by atoms with van der Waals surface area (Å²) in [6.45, 7) is 8.70. The molecule has 0 aromatic rings.